The molecular weight excluding hydrogens is 335 g/mol. The molecule has 0 saturated heterocycles. The monoisotopic (exact) mass is 340 g/mol. The third kappa shape index (κ3) is 1.98. The first-order valence-electron chi connectivity index (χ1n) is 3.23. The second kappa shape index (κ2) is 4.23. The molecule has 0 saturated carbocycles. The number of halogens is 2. The Morgan fingerprint density at radius 2 is 2.25 bits per heavy atom. The Kier molecular flexibility index (Phi) is 3.52. The van der Waals surface area contributed by atoms with Crippen LogP contribution in [-0.2, 0) is 5.33 Å². The van der Waals surface area contributed by atoms with Crippen LogP contribution in [0.25, 0.3) is 0 Å². The summed E-state index contributed by atoms with van der Waals surface area (Å²) in [6.07, 6.45) is 0. The Bertz CT molecular complexity index is 312. The first kappa shape index (κ1) is 9.98. The number of rotatable bonds is 2. The van der Waals surface area contributed by atoms with Crippen LogP contribution in [0.3, 0.4) is 0 Å². The second-order valence-corrected chi connectivity index (χ2v) is 3.93. The molecule has 0 heterocycles. The zero-order valence-corrected chi connectivity index (χ0v) is 9.79. The van der Waals surface area contributed by atoms with Crippen molar-refractivity contribution in [3.05, 3.63) is 32.9 Å². The topological polar surface area (TPSA) is 37.3 Å². The maximum Gasteiger partial charge on any atom is 0.336 e. The molecule has 0 aliphatic carbocycles. The number of carboxylic acids is 1. The van der Waals surface area contributed by atoms with Gasteiger partial charge < -0.3 is 5.11 Å². The highest BCUT2D eigenvalue weighted by Crippen LogP contribution is 2.19. The van der Waals surface area contributed by atoms with E-state index in [-0.39, 0.29) is 0 Å². The molecule has 0 unspecified atom stereocenters. The molecule has 0 spiro atoms. The normalized spacial score (nSPS) is 9.83. The number of aromatic carboxylic acids is 1. The Morgan fingerprint density at radius 3 is 2.67 bits per heavy atom. The fourth-order valence-corrected chi connectivity index (χ4v) is 2.71. The number of hydrogen-bond acceptors (Lipinski definition) is 1. The molecule has 64 valence electrons. The summed E-state index contributed by atoms with van der Waals surface area (Å²) < 4.78 is 0.976. The molecule has 12 heavy (non-hydrogen) atoms. The molecule has 0 fully saturated rings. The van der Waals surface area contributed by atoms with Crippen molar-refractivity contribution >= 4 is 44.5 Å². The van der Waals surface area contributed by atoms with E-state index in [2.05, 4.69) is 38.5 Å². The zero-order chi connectivity index (χ0) is 9.14. The van der Waals surface area contributed by atoms with Gasteiger partial charge in [0.15, 0.2) is 0 Å². The van der Waals surface area contributed by atoms with Gasteiger partial charge >= 0.3 is 5.97 Å². The smallest absolute Gasteiger partial charge is 0.336 e. The summed E-state index contributed by atoms with van der Waals surface area (Å²) in [5.41, 5.74) is 1.21. The maximum absolute atomic E-state index is 10.7. The Hall–Kier alpha value is -0.100. The molecule has 0 aliphatic heterocycles. The number of benzene rings is 1. The van der Waals surface area contributed by atoms with Crippen LogP contribution in [-0.4, -0.2) is 11.1 Å². The van der Waals surface area contributed by atoms with E-state index in [1.54, 1.807) is 12.1 Å². The highest BCUT2D eigenvalue weighted by Gasteiger charge is 2.10. The van der Waals surface area contributed by atoms with Crippen LogP contribution in [0.5, 0.6) is 0 Å². The van der Waals surface area contributed by atoms with Crippen molar-refractivity contribution in [3.63, 3.8) is 0 Å². The van der Waals surface area contributed by atoms with E-state index in [1.807, 2.05) is 6.07 Å². The molecule has 0 atom stereocenters. The number of carboxylic acid groups (broad SMARTS) is 1. The summed E-state index contributed by atoms with van der Waals surface area (Å²) in [6.45, 7) is 0. The van der Waals surface area contributed by atoms with Gasteiger partial charge in [0.2, 0.25) is 0 Å². The van der Waals surface area contributed by atoms with Crippen molar-refractivity contribution in [2.75, 3.05) is 0 Å². The van der Waals surface area contributed by atoms with Crippen LogP contribution in [0.2, 0.25) is 0 Å². The SMILES string of the molecule is O=C(O)c1cccc(I)c1CBr. The highest BCUT2D eigenvalue weighted by atomic mass is 127. The maximum atomic E-state index is 10.7. The zero-order valence-electron chi connectivity index (χ0n) is 6.05. The first-order chi connectivity index (χ1) is 5.66. The lowest BCUT2D eigenvalue weighted by molar-refractivity contribution is 0.0696. The van der Waals surface area contributed by atoms with Crippen LogP contribution >= 0.6 is 38.5 Å². The molecule has 1 N–H and O–H groups in total. The Morgan fingerprint density at radius 1 is 1.58 bits per heavy atom. The van der Waals surface area contributed by atoms with Crippen LogP contribution in [0.1, 0.15) is 15.9 Å². The van der Waals surface area contributed by atoms with Gasteiger partial charge in [0, 0.05) is 8.90 Å². The lowest BCUT2D eigenvalue weighted by atomic mass is 10.1. The van der Waals surface area contributed by atoms with E-state index >= 15 is 0 Å². The first-order valence-corrected chi connectivity index (χ1v) is 5.43. The molecule has 0 amide bonds. The van der Waals surface area contributed by atoms with Crippen LogP contribution in [0.15, 0.2) is 18.2 Å². The van der Waals surface area contributed by atoms with Gasteiger partial charge in [-0.25, -0.2) is 4.79 Å². The van der Waals surface area contributed by atoms with Gasteiger partial charge in [-0.15, -0.1) is 0 Å². The van der Waals surface area contributed by atoms with Gasteiger partial charge in [0.1, 0.15) is 0 Å². The summed E-state index contributed by atoms with van der Waals surface area (Å²) >= 11 is 5.39. The van der Waals surface area contributed by atoms with Gasteiger partial charge in [-0.05, 0) is 40.3 Å². The van der Waals surface area contributed by atoms with Crippen LogP contribution in [0.4, 0.5) is 0 Å². The van der Waals surface area contributed by atoms with E-state index < -0.39 is 5.97 Å². The largest absolute Gasteiger partial charge is 0.478 e. The van der Waals surface area contributed by atoms with Crippen molar-refractivity contribution < 1.29 is 9.90 Å². The number of hydrogen-bond donors (Lipinski definition) is 1. The van der Waals surface area contributed by atoms with Crippen molar-refractivity contribution in [2.45, 2.75) is 5.33 Å². The third-order valence-corrected chi connectivity index (χ3v) is 3.05. The van der Waals surface area contributed by atoms with E-state index in [4.69, 9.17) is 5.11 Å². The van der Waals surface area contributed by atoms with Crippen molar-refractivity contribution in [2.24, 2.45) is 0 Å². The summed E-state index contributed by atoms with van der Waals surface area (Å²) in [5.74, 6) is -0.872. The fraction of sp³-hybridized carbons (Fsp3) is 0.125. The average Bonchev–Trinajstić information content (AvgIpc) is 2.03. The summed E-state index contributed by atoms with van der Waals surface area (Å²) in [7, 11) is 0. The lowest BCUT2D eigenvalue weighted by Crippen LogP contribution is -2.02. The minimum Gasteiger partial charge on any atom is -0.478 e. The predicted molar refractivity (Wildman–Crippen MR) is 58.7 cm³/mol. The molecule has 0 aliphatic rings. The van der Waals surface area contributed by atoms with Gasteiger partial charge in [0.05, 0.1) is 5.56 Å². The molecule has 0 aromatic heterocycles. The molecule has 0 bridgehead atoms. The minimum absolute atomic E-state index is 0.374. The predicted octanol–water partition coefficient (Wildman–Crippen LogP) is 2.88. The average molecular weight is 341 g/mol. The standard InChI is InChI=1S/C8H6BrIO2/c9-4-6-5(8(11)12)2-1-3-7(6)10/h1-3H,4H2,(H,11,12). The number of carbonyl (C=O) groups is 1. The van der Waals surface area contributed by atoms with Crippen molar-refractivity contribution in [3.8, 4) is 0 Å². The summed E-state index contributed by atoms with van der Waals surface area (Å²) in [5, 5.41) is 9.37. The fourth-order valence-electron chi connectivity index (χ4n) is 0.895. The molecule has 1 rings (SSSR count). The number of alkyl halides is 1. The minimum atomic E-state index is -0.872. The van der Waals surface area contributed by atoms with Gasteiger partial charge in [-0.3, -0.25) is 0 Å². The Balaban J connectivity index is 3.27. The van der Waals surface area contributed by atoms with Crippen molar-refractivity contribution in [1.82, 2.24) is 0 Å². The molecule has 4 heteroatoms. The quantitative estimate of drug-likeness (QED) is 0.664. The third-order valence-electron chi connectivity index (χ3n) is 1.48. The van der Waals surface area contributed by atoms with Crippen LogP contribution < -0.4 is 0 Å². The summed E-state index contributed by atoms with van der Waals surface area (Å²) in [4.78, 5) is 10.7. The van der Waals surface area contributed by atoms with Crippen LogP contribution in [0, 0.1) is 3.57 Å². The van der Waals surface area contributed by atoms with Gasteiger partial charge in [0.25, 0.3) is 0 Å². The van der Waals surface area contributed by atoms with E-state index in [0.29, 0.717) is 10.9 Å². The molecular formula is C8H6BrIO2. The van der Waals surface area contributed by atoms with Gasteiger partial charge in [-0.1, -0.05) is 22.0 Å². The highest BCUT2D eigenvalue weighted by molar-refractivity contribution is 14.1. The van der Waals surface area contributed by atoms with Gasteiger partial charge in [-0.2, -0.15) is 0 Å². The van der Waals surface area contributed by atoms with E-state index in [9.17, 15) is 4.79 Å². The Labute approximate surface area is 92.2 Å². The molecule has 0 radical (unpaired) electrons. The lowest BCUT2D eigenvalue weighted by Gasteiger charge is -2.03. The second-order valence-electron chi connectivity index (χ2n) is 2.20. The van der Waals surface area contributed by atoms with Crippen molar-refractivity contribution in [1.29, 1.82) is 0 Å². The molecule has 1 aromatic carbocycles. The van der Waals surface area contributed by atoms with E-state index in [0.717, 1.165) is 9.13 Å². The summed E-state index contributed by atoms with van der Waals surface area (Å²) in [6, 6.07) is 5.25. The van der Waals surface area contributed by atoms with E-state index in [1.165, 1.54) is 0 Å². The molecule has 1 aromatic rings. The molecule has 2 nitrogen and oxygen atoms in total.